The van der Waals surface area contributed by atoms with Gasteiger partial charge in [-0.3, -0.25) is 0 Å². The first-order valence-corrected chi connectivity index (χ1v) is 4.14. The summed E-state index contributed by atoms with van der Waals surface area (Å²) in [6, 6.07) is 0. The topological polar surface area (TPSA) is 32.8 Å². The highest BCUT2D eigenvalue weighted by molar-refractivity contribution is 5.18. The average Bonchev–Trinajstić information content (AvgIpc) is 2.59. The molecule has 1 rings (SSSR count). The summed E-state index contributed by atoms with van der Waals surface area (Å²) in [6.45, 7) is 9.46. The Kier molecular flexibility index (Phi) is 2.40. The van der Waals surface area contributed by atoms with E-state index in [-0.39, 0.29) is 11.7 Å². The summed E-state index contributed by atoms with van der Waals surface area (Å²) in [7, 11) is 0. The molecule has 2 heteroatoms. The Morgan fingerprint density at radius 3 is 2.50 bits per heavy atom. The molecule has 2 atom stereocenters. The first kappa shape index (κ1) is 9.49. The second-order valence-electron chi connectivity index (χ2n) is 3.75. The standard InChI is InChI=1S/C10H16O2/c1-5-7(2)6-8(11)9-10(3,4)12-9/h5-6,8-9,11H,1H2,2-4H3. The number of hydrogen-bond donors (Lipinski definition) is 1. The number of ether oxygens (including phenoxy) is 1. The summed E-state index contributed by atoms with van der Waals surface area (Å²) in [5, 5.41) is 9.58. The van der Waals surface area contributed by atoms with Crippen LogP contribution in [0.4, 0.5) is 0 Å². The maximum Gasteiger partial charge on any atom is 0.116 e. The highest BCUT2D eigenvalue weighted by Gasteiger charge is 2.51. The molecule has 1 saturated heterocycles. The van der Waals surface area contributed by atoms with E-state index in [1.54, 1.807) is 12.2 Å². The fraction of sp³-hybridized carbons (Fsp3) is 0.600. The molecular weight excluding hydrogens is 152 g/mol. The van der Waals surface area contributed by atoms with E-state index in [2.05, 4.69) is 6.58 Å². The van der Waals surface area contributed by atoms with E-state index >= 15 is 0 Å². The van der Waals surface area contributed by atoms with Crippen molar-refractivity contribution in [2.75, 3.05) is 0 Å². The van der Waals surface area contributed by atoms with Gasteiger partial charge in [0.1, 0.15) is 12.2 Å². The van der Waals surface area contributed by atoms with Crippen LogP contribution in [0.15, 0.2) is 24.3 Å². The van der Waals surface area contributed by atoms with Crippen molar-refractivity contribution < 1.29 is 9.84 Å². The molecular formula is C10H16O2. The van der Waals surface area contributed by atoms with E-state index in [1.165, 1.54) is 0 Å². The molecule has 0 radical (unpaired) electrons. The fourth-order valence-corrected chi connectivity index (χ4v) is 1.20. The number of hydrogen-bond acceptors (Lipinski definition) is 2. The van der Waals surface area contributed by atoms with Crippen LogP contribution in [0, 0.1) is 0 Å². The van der Waals surface area contributed by atoms with Crippen LogP contribution in [0.2, 0.25) is 0 Å². The lowest BCUT2D eigenvalue weighted by Crippen LogP contribution is -2.18. The van der Waals surface area contributed by atoms with E-state index in [9.17, 15) is 5.11 Å². The summed E-state index contributed by atoms with van der Waals surface area (Å²) in [5.74, 6) is 0. The van der Waals surface area contributed by atoms with Crippen molar-refractivity contribution in [2.24, 2.45) is 0 Å². The third kappa shape index (κ3) is 1.96. The highest BCUT2D eigenvalue weighted by Crippen LogP contribution is 2.38. The lowest BCUT2D eigenvalue weighted by molar-refractivity contribution is 0.176. The first-order valence-electron chi connectivity index (χ1n) is 4.14. The Hall–Kier alpha value is -0.600. The van der Waals surface area contributed by atoms with Crippen LogP contribution in [-0.4, -0.2) is 22.9 Å². The first-order chi connectivity index (χ1) is 5.47. The number of allylic oxidation sites excluding steroid dienone is 2. The van der Waals surface area contributed by atoms with Gasteiger partial charge in [-0.2, -0.15) is 0 Å². The van der Waals surface area contributed by atoms with Crippen LogP contribution in [0.1, 0.15) is 20.8 Å². The average molecular weight is 168 g/mol. The molecule has 0 aliphatic carbocycles. The molecule has 1 fully saturated rings. The molecule has 0 amide bonds. The fourth-order valence-electron chi connectivity index (χ4n) is 1.20. The Labute approximate surface area is 73.5 Å². The van der Waals surface area contributed by atoms with Crippen LogP contribution in [-0.2, 0) is 4.74 Å². The Bertz CT molecular complexity index is 216. The molecule has 0 bridgehead atoms. The van der Waals surface area contributed by atoms with Gasteiger partial charge in [-0.05, 0) is 20.8 Å². The van der Waals surface area contributed by atoms with Crippen molar-refractivity contribution in [1.29, 1.82) is 0 Å². The smallest absolute Gasteiger partial charge is 0.116 e. The largest absolute Gasteiger partial charge is 0.386 e. The monoisotopic (exact) mass is 168 g/mol. The van der Waals surface area contributed by atoms with Crippen molar-refractivity contribution in [3.63, 3.8) is 0 Å². The number of rotatable bonds is 3. The van der Waals surface area contributed by atoms with Crippen molar-refractivity contribution >= 4 is 0 Å². The molecule has 0 spiro atoms. The summed E-state index contributed by atoms with van der Waals surface area (Å²) in [5.41, 5.74) is 0.825. The van der Waals surface area contributed by atoms with Crippen molar-refractivity contribution in [1.82, 2.24) is 0 Å². The second kappa shape index (κ2) is 3.04. The summed E-state index contributed by atoms with van der Waals surface area (Å²) in [6.07, 6.45) is 2.94. The SMILES string of the molecule is C=CC(C)=CC(O)C1OC1(C)C. The number of aliphatic hydroxyl groups is 1. The van der Waals surface area contributed by atoms with Crippen molar-refractivity contribution in [3.8, 4) is 0 Å². The normalized spacial score (nSPS) is 29.7. The molecule has 68 valence electrons. The van der Waals surface area contributed by atoms with E-state index in [4.69, 9.17) is 4.74 Å². The van der Waals surface area contributed by atoms with E-state index in [0.29, 0.717) is 0 Å². The quantitative estimate of drug-likeness (QED) is 0.513. The molecule has 0 aromatic carbocycles. The Morgan fingerprint density at radius 2 is 2.17 bits per heavy atom. The van der Waals surface area contributed by atoms with Gasteiger partial charge >= 0.3 is 0 Å². The Balaban J connectivity index is 2.51. The van der Waals surface area contributed by atoms with E-state index in [0.717, 1.165) is 5.57 Å². The molecule has 1 N–H and O–H groups in total. The zero-order chi connectivity index (χ0) is 9.35. The van der Waals surface area contributed by atoms with Gasteiger partial charge in [-0.1, -0.05) is 24.3 Å². The van der Waals surface area contributed by atoms with Gasteiger partial charge in [0.25, 0.3) is 0 Å². The third-order valence-corrected chi connectivity index (χ3v) is 2.12. The van der Waals surface area contributed by atoms with Crippen LogP contribution < -0.4 is 0 Å². The zero-order valence-corrected chi connectivity index (χ0v) is 7.87. The lowest BCUT2D eigenvalue weighted by Gasteiger charge is -2.03. The minimum atomic E-state index is -0.502. The van der Waals surface area contributed by atoms with Crippen molar-refractivity contribution in [3.05, 3.63) is 24.3 Å². The number of epoxide rings is 1. The zero-order valence-electron chi connectivity index (χ0n) is 7.87. The molecule has 12 heavy (non-hydrogen) atoms. The van der Waals surface area contributed by atoms with E-state index < -0.39 is 6.10 Å². The summed E-state index contributed by atoms with van der Waals surface area (Å²) in [4.78, 5) is 0. The minimum absolute atomic E-state index is 0.0487. The molecule has 0 aromatic heterocycles. The van der Waals surface area contributed by atoms with Gasteiger partial charge in [0.05, 0.1) is 5.60 Å². The molecule has 1 aliphatic rings. The Morgan fingerprint density at radius 1 is 1.67 bits per heavy atom. The van der Waals surface area contributed by atoms with Gasteiger partial charge in [-0.15, -0.1) is 0 Å². The molecule has 0 saturated carbocycles. The molecule has 2 nitrogen and oxygen atoms in total. The summed E-state index contributed by atoms with van der Waals surface area (Å²) < 4.78 is 5.28. The van der Waals surface area contributed by atoms with E-state index in [1.807, 2.05) is 20.8 Å². The predicted octanol–water partition coefficient (Wildman–Crippen LogP) is 1.66. The highest BCUT2D eigenvalue weighted by atomic mass is 16.6. The maximum absolute atomic E-state index is 9.58. The van der Waals surface area contributed by atoms with Crippen LogP contribution in [0.25, 0.3) is 0 Å². The van der Waals surface area contributed by atoms with Gasteiger partial charge in [0.15, 0.2) is 0 Å². The minimum Gasteiger partial charge on any atom is -0.386 e. The van der Waals surface area contributed by atoms with Crippen molar-refractivity contribution in [2.45, 2.75) is 38.6 Å². The van der Waals surface area contributed by atoms with Crippen LogP contribution >= 0.6 is 0 Å². The van der Waals surface area contributed by atoms with Gasteiger partial charge in [-0.25, -0.2) is 0 Å². The molecule has 1 aliphatic heterocycles. The van der Waals surface area contributed by atoms with Gasteiger partial charge in [0.2, 0.25) is 0 Å². The molecule has 0 aromatic rings. The number of aliphatic hydroxyl groups excluding tert-OH is 1. The maximum atomic E-state index is 9.58. The van der Waals surface area contributed by atoms with Gasteiger partial charge < -0.3 is 9.84 Å². The summed E-state index contributed by atoms with van der Waals surface area (Å²) >= 11 is 0. The third-order valence-electron chi connectivity index (χ3n) is 2.12. The molecule has 2 unspecified atom stereocenters. The van der Waals surface area contributed by atoms with Crippen LogP contribution in [0.5, 0.6) is 0 Å². The predicted molar refractivity (Wildman–Crippen MR) is 48.9 cm³/mol. The molecule has 1 heterocycles. The van der Waals surface area contributed by atoms with Crippen LogP contribution in [0.3, 0.4) is 0 Å². The second-order valence-corrected chi connectivity index (χ2v) is 3.75. The lowest BCUT2D eigenvalue weighted by atomic mass is 10.0. The van der Waals surface area contributed by atoms with Gasteiger partial charge in [0, 0.05) is 0 Å².